The van der Waals surface area contributed by atoms with Crippen molar-refractivity contribution in [2.45, 2.75) is 11.3 Å². The van der Waals surface area contributed by atoms with Crippen LogP contribution in [-0.4, -0.2) is 76.7 Å². The number of sulfonamides is 1. The fourth-order valence-electron chi connectivity index (χ4n) is 2.20. The molecule has 0 saturated heterocycles. The Labute approximate surface area is 138 Å². The highest BCUT2D eigenvalue weighted by Crippen LogP contribution is 2.27. The molecule has 0 saturated carbocycles. The summed E-state index contributed by atoms with van der Waals surface area (Å²) in [5.74, 6) is 0.387. The molecule has 0 bridgehead atoms. The number of nitrogens with zero attached hydrogens (tertiary/aromatic N) is 5. The van der Waals surface area contributed by atoms with Gasteiger partial charge >= 0.3 is 0 Å². The molecule has 0 atom stereocenters. The Morgan fingerprint density at radius 2 is 1.83 bits per heavy atom. The summed E-state index contributed by atoms with van der Waals surface area (Å²) in [5, 5.41) is 6.05. The fourth-order valence-corrected chi connectivity index (χ4v) is 3.40. The van der Waals surface area contributed by atoms with Crippen molar-refractivity contribution >= 4 is 22.2 Å². The lowest BCUT2D eigenvalue weighted by molar-refractivity contribution is 0.354. The van der Waals surface area contributed by atoms with Crippen LogP contribution in [0.2, 0.25) is 0 Å². The van der Waals surface area contributed by atoms with Gasteiger partial charge in [-0.05, 0) is 39.2 Å². The number of fused-ring (bicyclic) bond motifs is 1. The van der Waals surface area contributed by atoms with E-state index >= 15 is 0 Å². The molecule has 7 nitrogen and oxygen atoms in total. The molecule has 1 heterocycles. The highest BCUT2D eigenvalue weighted by molar-refractivity contribution is 7.90. The van der Waals surface area contributed by atoms with Gasteiger partial charge in [0.15, 0.2) is 5.84 Å². The number of benzene rings is 1. The highest BCUT2D eigenvalue weighted by atomic mass is 32.2. The Bertz CT molecular complexity index is 710. The highest BCUT2D eigenvalue weighted by Gasteiger charge is 2.31. The lowest BCUT2D eigenvalue weighted by atomic mass is 10.2. The van der Waals surface area contributed by atoms with Gasteiger partial charge in [0.25, 0.3) is 10.0 Å². The monoisotopic (exact) mass is 337 g/mol. The maximum Gasteiger partial charge on any atom is 0.285 e. The maximum atomic E-state index is 12.2. The second-order valence-corrected chi connectivity index (χ2v) is 7.43. The third-order valence-corrected chi connectivity index (χ3v) is 4.58. The Morgan fingerprint density at radius 1 is 1.13 bits per heavy atom. The smallest absolute Gasteiger partial charge is 0.285 e. The van der Waals surface area contributed by atoms with Crippen molar-refractivity contribution in [3.63, 3.8) is 0 Å². The summed E-state index contributed by atoms with van der Waals surface area (Å²) in [6, 6.07) is 6.86. The molecule has 2 rings (SSSR count). The first kappa shape index (κ1) is 17.4. The molecule has 8 heteroatoms. The third kappa shape index (κ3) is 4.29. The van der Waals surface area contributed by atoms with Crippen LogP contribution < -0.4 is 0 Å². The molecule has 0 spiro atoms. The van der Waals surface area contributed by atoms with Crippen molar-refractivity contribution in [3.05, 3.63) is 29.8 Å². The Kier molecular flexibility index (Phi) is 5.38. The summed E-state index contributed by atoms with van der Waals surface area (Å²) in [7, 11) is 4.10. The van der Waals surface area contributed by atoms with Gasteiger partial charge in [0, 0.05) is 26.2 Å². The summed E-state index contributed by atoms with van der Waals surface area (Å²) in [4.78, 5) is 4.12. The van der Waals surface area contributed by atoms with Crippen LogP contribution in [0.3, 0.4) is 0 Å². The molecule has 0 radical (unpaired) electrons. The standard InChI is InChI=1S/C15H23N5O2S/c1-18(2)10-7-11-20(16-12-19(3)4)15-13-8-5-6-9-14(13)23(21,22)17-15/h5-6,8-9,12H,7,10-11H2,1-4H3. The topological polar surface area (TPSA) is 68.6 Å². The lowest BCUT2D eigenvalue weighted by Gasteiger charge is -2.20. The predicted octanol–water partition coefficient (Wildman–Crippen LogP) is 0.894. The zero-order valence-corrected chi connectivity index (χ0v) is 14.8. The molecular formula is C15H23N5O2S. The summed E-state index contributed by atoms with van der Waals surface area (Å²) < 4.78 is 28.3. The molecule has 0 aromatic heterocycles. The molecule has 0 aliphatic carbocycles. The molecule has 1 aliphatic rings. The minimum Gasteiger partial charge on any atom is -0.367 e. The zero-order chi connectivity index (χ0) is 17.0. The SMILES string of the molecule is CN(C)C=NN(CCCN(C)C)C1=NS(=O)(=O)c2ccccc21. The van der Waals surface area contributed by atoms with Crippen LogP contribution in [0.25, 0.3) is 0 Å². The first-order valence-electron chi connectivity index (χ1n) is 7.38. The van der Waals surface area contributed by atoms with E-state index in [1.165, 1.54) is 0 Å². The van der Waals surface area contributed by atoms with Gasteiger partial charge in [0.2, 0.25) is 0 Å². The summed E-state index contributed by atoms with van der Waals surface area (Å²) in [6.45, 7) is 1.47. The van der Waals surface area contributed by atoms with Crippen LogP contribution in [0.1, 0.15) is 12.0 Å². The van der Waals surface area contributed by atoms with Gasteiger partial charge in [0.1, 0.15) is 11.2 Å². The minimum atomic E-state index is -3.63. The average Bonchev–Trinajstić information content (AvgIpc) is 2.74. The van der Waals surface area contributed by atoms with E-state index in [0.29, 0.717) is 17.9 Å². The van der Waals surface area contributed by atoms with Crippen LogP contribution in [0, 0.1) is 0 Å². The molecule has 0 unspecified atom stereocenters. The lowest BCUT2D eigenvalue weighted by Crippen LogP contribution is -2.30. The van der Waals surface area contributed by atoms with Crippen molar-refractivity contribution < 1.29 is 8.42 Å². The van der Waals surface area contributed by atoms with E-state index in [1.54, 1.807) is 34.4 Å². The third-order valence-electron chi connectivity index (χ3n) is 3.25. The van der Waals surface area contributed by atoms with E-state index in [-0.39, 0.29) is 4.90 Å². The van der Waals surface area contributed by atoms with Gasteiger partial charge in [-0.25, -0.2) is 5.01 Å². The normalized spacial score (nSPS) is 15.8. The number of hydrogen-bond acceptors (Lipinski definition) is 5. The number of hydrogen-bond donors (Lipinski definition) is 0. The Hall–Kier alpha value is -1.93. The molecule has 1 aromatic carbocycles. The van der Waals surface area contributed by atoms with Crippen molar-refractivity contribution in [2.75, 3.05) is 41.3 Å². The molecule has 1 aliphatic heterocycles. The molecule has 0 fully saturated rings. The Morgan fingerprint density at radius 3 is 2.48 bits per heavy atom. The number of hydrazone groups is 1. The zero-order valence-electron chi connectivity index (χ0n) is 14.0. The van der Waals surface area contributed by atoms with Crippen LogP contribution in [-0.2, 0) is 10.0 Å². The van der Waals surface area contributed by atoms with Gasteiger partial charge in [-0.2, -0.15) is 13.5 Å². The van der Waals surface area contributed by atoms with Crippen LogP contribution >= 0.6 is 0 Å². The van der Waals surface area contributed by atoms with Gasteiger partial charge in [-0.3, -0.25) is 0 Å². The number of rotatable bonds is 6. The first-order chi connectivity index (χ1) is 10.8. The Balaban J connectivity index is 2.32. The molecule has 0 amide bonds. The van der Waals surface area contributed by atoms with E-state index in [4.69, 9.17) is 0 Å². The van der Waals surface area contributed by atoms with Gasteiger partial charge in [0.05, 0.1) is 0 Å². The van der Waals surface area contributed by atoms with Gasteiger partial charge in [-0.15, -0.1) is 4.40 Å². The minimum absolute atomic E-state index is 0.243. The second-order valence-electron chi connectivity index (χ2n) is 5.86. The molecule has 1 aromatic rings. The van der Waals surface area contributed by atoms with E-state index in [0.717, 1.165) is 13.0 Å². The first-order valence-corrected chi connectivity index (χ1v) is 8.82. The molecule has 126 valence electrons. The second kappa shape index (κ2) is 7.10. The molecular weight excluding hydrogens is 314 g/mol. The molecule has 23 heavy (non-hydrogen) atoms. The van der Waals surface area contributed by atoms with E-state index in [2.05, 4.69) is 14.4 Å². The van der Waals surface area contributed by atoms with Crippen molar-refractivity contribution in [1.82, 2.24) is 14.8 Å². The van der Waals surface area contributed by atoms with Crippen molar-refractivity contribution in [1.29, 1.82) is 0 Å². The summed E-state index contributed by atoms with van der Waals surface area (Å²) in [5.41, 5.74) is 0.605. The molecule has 0 N–H and O–H groups in total. The maximum absolute atomic E-state index is 12.2. The summed E-state index contributed by atoms with van der Waals surface area (Å²) >= 11 is 0. The van der Waals surface area contributed by atoms with E-state index < -0.39 is 10.0 Å². The van der Waals surface area contributed by atoms with Gasteiger partial charge in [-0.1, -0.05) is 12.1 Å². The van der Waals surface area contributed by atoms with Crippen LogP contribution in [0.5, 0.6) is 0 Å². The van der Waals surface area contributed by atoms with Crippen molar-refractivity contribution in [3.8, 4) is 0 Å². The largest absolute Gasteiger partial charge is 0.367 e. The quantitative estimate of drug-likeness (QED) is 0.438. The van der Waals surface area contributed by atoms with Crippen molar-refractivity contribution in [2.24, 2.45) is 9.50 Å². The van der Waals surface area contributed by atoms with Crippen LogP contribution in [0.4, 0.5) is 0 Å². The van der Waals surface area contributed by atoms with E-state index in [1.807, 2.05) is 34.3 Å². The predicted molar refractivity (Wildman–Crippen MR) is 92.2 cm³/mol. The van der Waals surface area contributed by atoms with Crippen LogP contribution in [0.15, 0.2) is 38.7 Å². The number of amidine groups is 1. The average molecular weight is 337 g/mol. The summed E-state index contributed by atoms with van der Waals surface area (Å²) in [6.07, 6.45) is 2.49. The van der Waals surface area contributed by atoms with E-state index in [9.17, 15) is 8.42 Å². The van der Waals surface area contributed by atoms with Gasteiger partial charge < -0.3 is 9.80 Å². The fraction of sp³-hybridized carbons (Fsp3) is 0.467.